The van der Waals surface area contributed by atoms with Gasteiger partial charge in [0.2, 0.25) is 0 Å². The molecule has 0 atom stereocenters. The lowest BCUT2D eigenvalue weighted by Crippen LogP contribution is -2.37. The summed E-state index contributed by atoms with van der Waals surface area (Å²) in [5, 5.41) is 12.8. The number of carboxylic acid groups (broad SMARTS) is 1. The molecule has 2 amide bonds. The molecule has 0 bridgehead atoms. The summed E-state index contributed by atoms with van der Waals surface area (Å²) in [6.45, 7) is 0.705. The van der Waals surface area contributed by atoms with Crippen LogP contribution in [0.4, 0.5) is 9.59 Å². The van der Waals surface area contributed by atoms with Crippen molar-refractivity contribution in [2.24, 2.45) is 0 Å². The molecule has 1 aromatic carbocycles. The number of carbonyl (C=O) groups excluding carboxylic acids is 1. The predicted octanol–water partition coefficient (Wildman–Crippen LogP) is 1.86. The molecule has 0 spiro atoms. The van der Waals surface area contributed by atoms with Gasteiger partial charge >= 0.3 is 12.1 Å². The van der Waals surface area contributed by atoms with Crippen molar-refractivity contribution in [2.45, 2.75) is 13.0 Å². The van der Waals surface area contributed by atoms with E-state index in [-0.39, 0.29) is 12.6 Å². The average molecular weight is 273 g/mol. The molecular formula is C14H15N3O3. The number of fused-ring (bicyclic) bond motifs is 3. The third-order valence-electron chi connectivity index (χ3n) is 3.75. The van der Waals surface area contributed by atoms with Crippen molar-refractivity contribution in [3.05, 3.63) is 35.5 Å². The van der Waals surface area contributed by atoms with Gasteiger partial charge in [0.05, 0.1) is 17.8 Å². The van der Waals surface area contributed by atoms with Crippen LogP contribution in [-0.2, 0) is 13.0 Å². The third-order valence-corrected chi connectivity index (χ3v) is 3.75. The van der Waals surface area contributed by atoms with Crippen molar-refractivity contribution < 1.29 is 14.7 Å². The molecule has 1 aromatic heterocycles. The van der Waals surface area contributed by atoms with E-state index in [2.05, 4.69) is 5.32 Å². The summed E-state index contributed by atoms with van der Waals surface area (Å²) in [5.74, 6) is 0. The van der Waals surface area contributed by atoms with Crippen molar-refractivity contribution >= 4 is 23.0 Å². The third kappa shape index (κ3) is 1.72. The van der Waals surface area contributed by atoms with Crippen molar-refractivity contribution in [3.8, 4) is 0 Å². The molecule has 0 aliphatic carbocycles. The first-order valence-electron chi connectivity index (χ1n) is 6.44. The van der Waals surface area contributed by atoms with Crippen molar-refractivity contribution in [3.63, 3.8) is 0 Å². The standard InChI is InChI=1S/C14H15N3O3/c1-15-13(18)17-11-5-3-2-4-9(11)10-6-7-16(14(19)20)8-12(10)17/h2-5H,6-8H2,1H3,(H,15,18)(H,19,20). The summed E-state index contributed by atoms with van der Waals surface area (Å²) in [4.78, 5) is 24.6. The first-order valence-corrected chi connectivity index (χ1v) is 6.44. The second-order valence-corrected chi connectivity index (χ2v) is 4.79. The van der Waals surface area contributed by atoms with Gasteiger partial charge in [0.1, 0.15) is 0 Å². The van der Waals surface area contributed by atoms with Gasteiger partial charge in [0.25, 0.3) is 0 Å². The van der Waals surface area contributed by atoms with Gasteiger partial charge in [-0.2, -0.15) is 0 Å². The number of nitrogens with zero attached hydrogens (tertiary/aromatic N) is 2. The van der Waals surface area contributed by atoms with E-state index in [9.17, 15) is 9.59 Å². The van der Waals surface area contributed by atoms with E-state index < -0.39 is 6.09 Å². The molecule has 6 nitrogen and oxygen atoms in total. The quantitative estimate of drug-likeness (QED) is 0.769. The lowest BCUT2D eigenvalue weighted by molar-refractivity contribution is 0.138. The highest BCUT2D eigenvalue weighted by atomic mass is 16.4. The molecule has 0 saturated carbocycles. The fourth-order valence-electron chi connectivity index (χ4n) is 2.82. The Balaban J connectivity index is 2.23. The van der Waals surface area contributed by atoms with Crippen LogP contribution in [-0.4, -0.2) is 40.3 Å². The van der Waals surface area contributed by atoms with Crippen molar-refractivity contribution in [1.82, 2.24) is 14.8 Å². The number of rotatable bonds is 0. The maximum atomic E-state index is 12.1. The Morgan fingerprint density at radius 3 is 2.75 bits per heavy atom. The summed E-state index contributed by atoms with van der Waals surface area (Å²) in [6, 6.07) is 7.43. The van der Waals surface area contributed by atoms with Crippen LogP contribution in [0.15, 0.2) is 24.3 Å². The predicted molar refractivity (Wildman–Crippen MR) is 73.9 cm³/mol. The van der Waals surface area contributed by atoms with Crippen LogP contribution in [0.3, 0.4) is 0 Å². The smallest absolute Gasteiger partial charge is 0.407 e. The highest BCUT2D eigenvalue weighted by Crippen LogP contribution is 2.30. The number of carbonyl (C=O) groups is 2. The number of hydrogen-bond donors (Lipinski definition) is 2. The van der Waals surface area contributed by atoms with E-state index in [0.29, 0.717) is 13.0 Å². The topological polar surface area (TPSA) is 74.6 Å². The molecule has 2 heterocycles. The number of para-hydroxylation sites is 1. The molecule has 3 rings (SSSR count). The van der Waals surface area contributed by atoms with Crippen LogP contribution < -0.4 is 5.32 Å². The molecule has 2 aromatic rings. The number of nitrogens with one attached hydrogen (secondary N) is 1. The molecule has 6 heteroatoms. The lowest BCUT2D eigenvalue weighted by Gasteiger charge is -2.25. The maximum absolute atomic E-state index is 12.1. The average Bonchev–Trinajstić information content (AvgIpc) is 2.80. The minimum atomic E-state index is -0.954. The molecule has 20 heavy (non-hydrogen) atoms. The van der Waals surface area contributed by atoms with Crippen LogP contribution in [0, 0.1) is 0 Å². The highest BCUT2D eigenvalue weighted by molar-refractivity contribution is 5.95. The monoisotopic (exact) mass is 273 g/mol. The van der Waals surface area contributed by atoms with Gasteiger partial charge in [-0.25, -0.2) is 9.59 Å². The number of aromatic nitrogens is 1. The van der Waals surface area contributed by atoms with Crippen LogP contribution in [0.25, 0.3) is 10.9 Å². The molecule has 104 valence electrons. The zero-order chi connectivity index (χ0) is 14.3. The number of hydrogen-bond acceptors (Lipinski definition) is 2. The fourth-order valence-corrected chi connectivity index (χ4v) is 2.82. The Hall–Kier alpha value is -2.50. The maximum Gasteiger partial charge on any atom is 0.407 e. The first kappa shape index (κ1) is 12.5. The Morgan fingerprint density at radius 2 is 2.05 bits per heavy atom. The minimum absolute atomic E-state index is 0.241. The molecule has 0 radical (unpaired) electrons. The molecule has 1 aliphatic rings. The second kappa shape index (κ2) is 4.56. The van der Waals surface area contributed by atoms with E-state index in [1.807, 2.05) is 24.3 Å². The first-order chi connectivity index (χ1) is 9.63. The Morgan fingerprint density at radius 1 is 1.30 bits per heavy atom. The minimum Gasteiger partial charge on any atom is -0.465 e. The summed E-state index contributed by atoms with van der Waals surface area (Å²) >= 11 is 0. The zero-order valence-corrected chi connectivity index (χ0v) is 11.1. The SMILES string of the molecule is CNC(=O)n1c2c(c3ccccc31)CCN(C(=O)O)C2. The van der Waals surface area contributed by atoms with Crippen molar-refractivity contribution in [1.29, 1.82) is 0 Å². The lowest BCUT2D eigenvalue weighted by atomic mass is 10.0. The van der Waals surface area contributed by atoms with Crippen LogP contribution in [0.1, 0.15) is 11.3 Å². The molecule has 0 saturated heterocycles. The molecule has 2 N–H and O–H groups in total. The largest absolute Gasteiger partial charge is 0.465 e. The summed E-state index contributed by atoms with van der Waals surface area (Å²) in [5.41, 5.74) is 2.66. The number of amides is 2. The summed E-state index contributed by atoms with van der Waals surface area (Å²) in [6.07, 6.45) is -0.323. The van der Waals surface area contributed by atoms with Crippen molar-refractivity contribution in [2.75, 3.05) is 13.6 Å². The fraction of sp³-hybridized carbons (Fsp3) is 0.286. The van der Waals surface area contributed by atoms with E-state index in [1.54, 1.807) is 11.6 Å². The molecular weight excluding hydrogens is 258 g/mol. The zero-order valence-electron chi connectivity index (χ0n) is 11.1. The Bertz CT molecular complexity index is 705. The van der Waals surface area contributed by atoms with Gasteiger partial charge in [0, 0.05) is 19.0 Å². The van der Waals surface area contributed by atoms with Gasteiger partial charge in [0.15, 0.2) is 0 Å². The van der Waals surface area contributed by atoms with Gasteiger partial charge < -0.3 is 15.3 Å². The van der Waals surface area contributed by atoms with E-state index >= 15 is 0 Å². The van der Waals surface area contributed by atoms with Gasteiger partial charge in [-0.15, -0.1) is 0 Å². The van der Waals surface area contributed by atoms with E-state index in [0.717, 1.165) is 22.2 Å². The Labute approximate surface area is 115 Å². The van der Waals surface area contributed by atoms with Gasteiger partial charge in [-0.3, -0.25) is 4.57 Å². The van der Waals surface area contributed by atoms with Gasteiger partial charge in [-0.05, 0) is 18.1 Å². The second-order valence-electron chi connectivity index (χ2n) is 4.79. The molecule has 0 unspecified atom stereocenters. The Kier molecular flexibility index (Phi) is 2.85. The number of benzene rings is 1. The summed E-state index contributed by atoms with van der Waals surface area (Å²) in [7, 11) is 1.57. The van der Waals surface area contributed by atoms with Crippen LogP contribution in [0.5, 0.6) is 0 Å². The molecule has 0 fully saturated rings. The van der Waals surface area contributed by atoms with E-state index in [4.69, 9.17) is 5.11 Å². The van der Waals surface area contributed by atoms with Crippen LogP contribution >= 0.6 is 0 Å². The highest BCUT2D eigenvalue weighted by Gasteiger charge is 2.28. The molecule has 1 aliphatic heterocycles. The normalized spacial score (nSPS) is 14.2. The summed E-state index contributed by atoms with van der Waals surface area (Å²) < 4.78 is 1.58. The van der Waals surface area contributed by atoms with E-state index in [1.165, 1.54) is 4.90 Å². The van der Waals surface area contributed by atoms with Gasteiger partial charge in [-0.1, -0.05) is 18.2 Å². The van der Waals surface area contributed by atoms with Crippen LogP contribution in [0.2, 0.25) is 0 Å².